The summed E-state index contributed by atoms with van der Waals surface area (Å²) in [4.78, 5) is 15.3. The van der Waals surface area contributed by atoms with Gasteiger partial charge in [0, 0.05) is 31.6 Å². The van der Waals surface area contributed by atoms with Gasteiger partial charge in [-0.05, 0) is 66.8 Å². The topological polar surface area (TPSA) is 32.3 Å². The molecule has 4 rings (SSSR count). The minimum Gasteiger partial charge on any atom is -0.338 e. The lowest BCUT2D eigenvalue weighted by Gasteiger charge is -2.33. The van der Waals surface area contributed by atoms with E-state index in [0.29, 0.717) is 24.4 Å². The number of hydrogen-bond acceptors (Lipinski definition) is 2. The first-order chi connectivity index (χ1) is 15.6. The summed E-state index contributed by atoms with van der Waals surface area (Å²) in [6.45, 7) is 8.00. The quantitative estimate of drug-likeness (QED) is 0.620. The van der Waals surface area contributed by atoms with Crippen LogP contribution < -0.4 is 5.32 Å². The molecular weight excluding hydrogens is 425 g/mol. The molecule has 2 aromatic rings. The minimum absolute atomic E-state index is 0.0899. The van der Waals surface area contributed by atoms with Crippen molar-refractivity contribution >= 4 is 5.91 Å². The second kappa shape index (κ2) is 9.49. The van der Waals surface area contributed by atoms with Crippen LogP contribution in [0.2, 0.25) is 0 Å². The van der Waals surface area contributed by atoms with Crippen LogP contribution in [0.25, 0.3) is 0 Å². The Labute approximate surface area is 194 Å². The van der Waals surface area contributed by atoms with Crippen LogP contribution in [0.4, 0.5) is 13.2 Å². The average Bonchev–Trinajstić information content (AvgIpc) is 3.21. The van der Waals surface area contributed by atoms with Gasteiger partial charge in [-0.3, -0.25) is 4.79 Å². The molecule has 1 saturated carbocycles. The molecule has 1 heterocycles. The van der Waals surface area contributed by atoms with Crippen molar-refractivity contribution in [1.29, 1.82) is 0 Å². The molecule has 1 amide bonds. The molecule has 1 unspecified atom stereocenters. The van der Waals surface area contributed by atoms with Gasteiger partial charge in [-0.15, -0.1) is 0 Å². The van der Waals surface area contributed by atoms with Crippen molar-refractivity contribution in [2.24, 2.45) is 17.8 Å². The van der Waals surface area contributed by atoms with Crippen molar-refractivity contribution in [3.05, 3.63) is 70.3 Å². The van der Waals surface area contributed by atoms with Crippen molar-refractivity contribution in [1.82, 2.24) is 10.2 Å². The number of carbonyl (C=O) groups excluding carboxylic acids is 1. The van der Waals surface area contributed by atoms with Gasteiger partial charge in [0.1, 0.15) is 0 Å². The summed E-state index contributed by atoms with van der Waals surface area (Å²) < 4.78 is 39.5. The number of carbonyl (C=O) groups is 1. The van der Waals surface area contributed by atoms with E-state index in [1.165, 1.54) is 17.2 Å². The molecular formula is C27H33F3N2O. The van der Waals surface area contributed by atoms with Gasteiger partial charge in [-0.2, -0.15) is 13.2 Å². The van der Waals surface area contributed by atoms with Gasteiger partial charge >= 0.3 is 6.18 Å². The third kappa shape index (κ3) is 5.43. The fraction of sp³-hybridized carbons (Fsp3) is 0.519. The third-order valence-corrected chi connectivity index (χ3v) is 7.36. The Kier molecular flexibility index (Phi) is 6.85. The van der Waals surface area contributed by atoms with Crippen molar-refractivity contribution in [2.45, 2.75) is 65.3 Å². The Morgan fingerprint density at radius 2 is 1.82 bits per heavy atom. The summed E-state index contributed by atoms with van der Waals surface area (Å²) in [5.74, 6) is 0.652. The maximum Gasteiger partial charge on any atom is 0.416 e. The number of alkyl halides is 3. The van der Waals surface area contributed by atoms with E-state index in [9.17, 15) is 18.0 Å². The lowest BCUT2D eigenvalue weighted by molar-refractivity contribution is -0.138. The number of rotatable bonds is 5. The van der Waals surface area contributed by atoms with Crippen LogP contribution in [0, 0.1) is 24.7 Å². The van der Waals surface area contributed by atoms with E-state index in [1.54, 1.807) is 11.0 Å². The number of halogens is 3. The van der Waals surface area contributed by atoms with Crippen LogP contribution in [0.1, 0.15) is 54.5 Å². The van der Waals surface area contributed by atoms with E-state index < -0.39 is 11.7 Å². The molecule has 6 heteroatoms. The monoisotopic (exact) mass is 458 g/mol. The molecule has 1 N–H and O–H groups in total. The standard InChI is InChI=1S/C27H33F3N2O/c1-17(2)24-13-23(31-15-19-6-4-18(3)5-7-19)14-25(24)26(33)32-11-10-20-8-9-22(27(28,29)30)12-21(20)16-32/h4-9,12,17,23-25,31H,10-11,13-16H2,1-3H3/t23-,24?,25-/m1/s1. The number of nitrogens with zero attached hydrogens (tertiary/aromatic N) is 1. The zero-order valence-corrected chi connectivity index (χ0v) is 19.6. The predicted molar refractivity (Wildman–Crippen MR) is 123 cm³/mol. The van der Waals surface area contributed by atoms with Crippen molar-refractivity contribution in [3.8, 4) is 0 Å². The molecule has 3 nitrogen and oxygen atoms in total. The van der Waals surface area contributed by atoms with Crippen molar-refractivity contribution in [2.75, 3.05) is 6.54 Å². The zero-order chi connectivity index (χ0) is 23.8. The molecule has 1 fully saturated rings. The second-order valence-electron chi connectivity index (χ2n) is 10.0. The molecule has 0 saturated heterocycles. The Balaban J connectivity index is 1.43. The maximum atomic E-state index is 13.5. The predicted octanol–water partition coefficient (Wildman–Crippen LogP) is 5.74. The normalized spacial score (nSPS) is 23.1. The number of nitrogens with one attached hydrogen (secondary N) is 1. The molecule has 2 aromatic carbocycles. The van der Waals surface area contributed by atoms with Crippen LogP contribution in [0.5, 0.6) is 0 Å². The molecule has 0 radical (unpaired) electrons. The van der Waals surface area contributed by atoms with Gasteiger partial charge in [0.05, 0.1) is 5.56 Å². The molecule has 0 spiro atoms. The Hall–Kier alpha value is -2.34. The smallest absolute Gasteiger partial charge is 0.338 e. The Morgan fingerprint density at radius 1 is 1.09 bits per heavy atom. The van der Waals surface area contributed by atoms with Crippen LogP contribution >= 0.6 is 0 Å². The third-order valence-electron chi connectivity index (χ3n) is 7.36. The zero-order valence-electron chi connectivity index (χ0n) is 19.6. The molecule has 1 aliphatic heterocycles. The summed E-state index contributed by atoms with van der Waals surface area (Å²) in [7, 11) is 0. The van der Waals surface area contributed by atoms with Crippen LogP contribution in [-0.4, -0.2) is 23.4 Å². The highest BCUT2D eigenvalue weighted by molar-refractivity contribution is 5.80. The molecule has 2 aliphatic rings. The molecule has 0 bridgehead atoms. The number of aryl methyl sites for hydroxylation is 1. The van der Waals surface area contributed by atoms with Crippen molar-refractivity contribution in [3.63, 3.8) is 0 Å². The lowest BCUT2D eigenvalue weighted by atomic mass is 9.84. The molecule has 3 atom stereocenters. The van der Waals surface area contributed by atoms with E-state index in [2.05, 4.69) is 50.4 Å². The lowest BCUT2D eigenvalue weighted by Crippen LogP contribution is -2.41. The first kappa shape index (κ1) is 23.8. The van der Waals surface area contributed by atoms with Crippen LogP contribution in [0.3, 0.4) is 0 Å². The Morgan fingerprint density at radius 3 is 2.48 bits per heavy atom. The largest absolute Gasteiger partial charge is 0.416 e. The summed E-state index contributed by atoms with van der Waals surface area (Å²) in [6, 6.07) is 12.7. The van der Waals surface area contributed by atoms with Gasteiger partial charge in [0.25, 0.3) is 0 Å². The summed E-state index contributed by atoms with van der Waals surface area (Å²) in [6.07, 6.45) is -2.04. The highest BCUT2D eigenvalue weighted by Crippen LogP contribution is 2.39. The number of fused-ring (bicyclic) bond motifs is 1. The van der Waals surface area contributed by atoms with E-state index in [4.69, 9.17) is 0 Å². The Bertz CT molecular complexity index is 984. The van der Waals surface area contributed by atoms with E-state index in [1.807, 2.05) is 0 Å². The number of hydrogen-bond donors (Lipinski definition) is 1. The van der Waals surface area contributed by atoms with E-state index in [0.717, 1.165) is 31.0 Å². The highest BCUT2D eigenvalue weighted by atomic mass is 19.4. The van der Waals surface area contributed by atoms with Gasteiger partial charge in [-0.1, -0.05) is 49.7 Å². The number of amides is 1. The average molecular weight is 459 g/mol. The van der Waals surface area contributed by atoms with Crippen LogP contribution in [0.15, 0.2) is 42.5 Å². The minimum atomic E-state index is -4.37. The second-order valence-corrected chi connectivity index (χ2v) is 10.0. The van der Waals surface area contributed by atoms with Gasteiger partial charge in [-0.25, -0.2) is 0 Å². The first-order valence-electron chi connectivity index (χ1n) is 11.9. The first-order valence-corrected chi connectivity index (χ1v) is 11.9. The fourth-order valence-corrected chi connectivity index (χ4v) is 5.38. The molecule has 0 aromatic heterocycles. The van der Waals surface area contributed by atoms with E-state index in [-0.39, 0.29) is 30.3 Å². The SMILES string of the molecule is Cc1ccc(CN[C@@H]2CC(C(C)C)[C@H](C(=O)N3CCc4ccc(C(F)(F)F)cc4C3)C2)cc1. The van der Waals surface area contributed by atoms with Gasteiger partial charge in [0.2, 0.25) is 5.91 Å². The molecule has 1 aliphatic carbocycles. The fourth-order valence-electron chi connectivity index (χ4n) is 5.38. The molecule has 178 valence electrons. The maximum absolute atomic E-state index is 13.5. The summed E-state index contributed by atoms with van der Waals surface area (Å²) in [5, 5.41) is 3.63. The van der Waals surface area contributed by atoms with E-state index >= 15 is 0 Å². The highest BCUT2D eigenvalue weighted by Gasteiger charge is 2.42. The summed E-state index contributed by atoms with van der Waals surface area (Å²) in [5.41, 5.74) is 3.35. The molecule has 33 heavy (non-hydrogen) atoms. The van der Waals surface area contributed by atoms with Gasteiger partial charge in [0.15, 0.2) is 0 Å². The van der Waals surface area contributed by atoms with Crippen molar-refractivity contribution < 1.29 is 18.0 Å². The van der Waals surface area contributed by atoms with Gasteiger partial charge < -0.3 is 10.2 Å². The summed E-state index contributed by atoms with van der Waals surface area (Å²) >= 11 is 0. The number of benzene rings is 2. The van der Waals surface area contributed by atoms with Crippen LogP contribution in [-0.2, 0) is 30.5 Å².